The average Bonchev–Trinajstić information content (AvgIpc) is 2.67. The van der Waals surface area contributed by atoms with Crippen molar-refractivity contribution in [2.75, 3.05) is 46.0 Å². The van der Waals surface area contributed by atoms with Crippen LogP contribution >= 0.6 is 0 Å². The molecule has 0 spiro atoms. The summed E-state index contributed by atoms with van der Waals surface area (Å²) < 4.78 is 11.2. The molecule has 0 unspecified atom stereocenters. The quantitative estimate of drug-likeness (QED) is 0.769. The fourth-order valence-electron chi connectivity index (χ4n) is 3.57. The second-order valence-corrected chi connectivity index (χ2v) is 7.24. The highest BCUT2D eigenvalue weighted by atomic mass is 16.5. The average molecular weight is 361 g/mol. The van der Waals surface area contributed by atoms with E-state index in [0.29, 0.717) is 19.2 Å². The first-order valence-electron chi connectivity index (χ1n) is 9.73. The smallest absolute Gasteiger partial charge is 0.223 e. The predicted octanol–water partition coefficient (Wildman–Crippen LogP) is 1.40. The van der Waals surface area contributed by atoms with E-state index in [9.17, 15) is 4.79 Å². The van der Waals surface area contributed by atoms with Gasteiger partial charge in [-0.25, -0.2) is 0 Å². The summed E-state index contributed by atoms with van der Waals surface area (Å²) >= 11 is 0. The van der Waals surface area contributed by atoms with Gasteiger partial charge in [-0.05, 0) is 44.0 Å². The third-order valence-electron chi connectivity index (χ3n) is 5.14. The van der Waals surface area contributed by atoms with Gasteiger partial charge in [-0.15, -0.1) is 0 Å². The van der Waals surface area contributed by atoms with Crippen molar-refractivity contribution in [3.8, 4) is 5.75 Å². The van der Waals surface area contributed by atoms with Crippen LogP contribution in [0.5, 0.6) is 5.75 Å². The molecule has 0 saturated carbocycles. The summed E-state index contributed by atoms with van der Waals surface area (Å²) in [5.74, 6) is 1.15. The number of ether oxygens (including phenoxy) is 2. The van der Waals surface area contributed by atoms with Gasteiger partial charge in [0.1, 0.15) is 12.4 Å². The first-order valence-corrected chi connectivity index (χ1v) is 9.73. The number of morpholine rings is 1. The van der Waals surface area contributed by atoms with Gasteiger partial charge in [-0.2, -0.15) is 0 Å². The zero-order valence-electron chi connectivity index (χ0n) is 15.7. The molecule has 2 atom stereocenters. The molecule has 26 heavy (non-hydrogen) atoms. The maximum atomic E-state index is 12.4. The standard InChI is InChI=1S/C20H31N3O3/c1-16-13-18(5-6-21-16)20(24)22-15-17-3-2-4-19(14-17)26-12-9-23-7-10-25-11-8-23/h2-4,14,16,18,21H,5-13,15H2,1H3,(H,22,24)/t16-,18-/m0/s1. The van der Waals surface area contributed by atoms with E-state index in [1.807, 2.05) is 24.3 Å². The van der Waals surface area contributed by atoms with E-state index < -0.39 is 0 Å². The lowest BCUT2D eigenvalue weighted by molar-refractivity contribution is -0.126. The van der Waals surface area contributed by atoms with Crippen LogP contribution in [0.2, 0.25) is 0 Å². The first-order chi connectivity index (χ1) is 12.7. The Hall–Kier alpha value is -1.63. The molecule has 2 aliphatic heterocycles. The van der Waals surface area contributed by atoms with Gasteiger partial charge in [0.2, 0.25) is 5.91 Å². The summed E-state index contributed by atoms with van der Waals surface area (Å²) in [6, 6.07) is 8.42. The monoisotopic (exact) mass is 361 g/mol. The molecular weight excluding hydrogens is 330 g/mol. The fourth-order valence-corrected chi connectivity index (χ4v) is 3.57. The minimum atomic E-state index is 0.124. The summed E-state index contributed by atoms with van der Waals surface area (Å²) in [6.07, 6.45) is 1.83. The highest BCUT2D eigenvalue weighted by Gasteiger charge is 2.24. The minimum Gasteiger partial charge on any atom is -0.492 e. The molecule has 144 valence electrons. The third kappa shape index (κ3) is 5.97. The molecule has 1 amide bonds. The molecule has 0 aromatic heterocycles. The van der Waals surface area contributed by atoms with E-state index in [1.54, 1.807) is 0 Å². The van der Waals surface area contributed by atoms with Crippen LogP contribution in [0.3, 0.4) is 0 Å². The Balaban J connectivity index is 1.41. The maximum Gasteiger partial charge on any atom is 0.223 e. The largest absolute Gasteiger partial charge is 0.492 e. The summed E-state index contributed by atoms with van der Waals surface area (Å²) in [7, 11) is 0. The lowest BCUT2D eigenvalue weighted by atomic mass is 9.92. The Morgan fingerprint density at radius 2 is 2.23 bits per heavy atom. The van der Waals surface area contributed by atoms with Gasteiger partial charge in [0, 0.05) is 38.1 Å². The lowest BCUT2D eigenvalue weighted by Gasteiger charge is -2.27. The van der Waals surface area contributed by atoms with Crippen molar-refractivity contribution in [3.05, 3.63) is 29.8 Å². The summed E-state index contributed by atoms with van der Waals surface area (Å²) in [6.45, 7) is 8.77. The van der Waals surface area contributed by atoms with Crippen molar-refractivity contribution in [3.63, 3.8) is 0 Å². The molecule has 2 saturated heterocycles. The highest BCUT2D eigenvalue weighted by Crippen LogP contribution is 2.17. The van der Waals surface area contributed by atoms with Crippen molar-refractivity contribution < 1.29 is 14.3 Å². The molecule has 6 nitrogen and oxygen atoms in total. The molecule has 6 heteroatoms. The number of carbonyl (C=O) groups excluding carboxylic acids is 1. The second-order valence-electron chi connectivity index (χ2n) is 7.24. The second kappa shape index (κ2) is 9.90. The molecule has 0 radical (unpaired) electrons. The van der Waals surface area contributed by atoms with Gasteiger partial charge in [0.25, 0.3) is 0 Å². The third-order valence-corrected chi connectivity index (χ3v) is 5.14. The number of hydrogen-bond acceptors (Lipinski definition) is 5. The highest BCUT2D eigenvalue weighted by molar-refractivity contribution is 5.78. The molecule has 1 aromatic rings. The van der Waals surface area contributed by atoms with E-state index in [2.05, 4.69) is 22.5 Å². The zero-order valence-corrected chi connectivity index (χ0v) is 15.7. The molecule has 0 aliphatic carbocycles. The van der Waals surface area contributed by atoms with E-state index >= 15 is 0 Å². The topological polar surface area (TPSA) is 62.8 Å². The van der Waals surface area contributed by atoms with Gasteiger partial charge in [-0.3, -0.25) is 9.69 Å². The van der Waals surface area contributed by atoms with Crippen molar-refractivity contribution in [2.45, 2.75) is 32.4 Å². The van der Waals surface area contributed by atoms with Crippen LogP contribution in [-0.4, -0.2) is 62.8 Å². The number of benzene rings is 1. The summed E-state index contributed by atoms with van der Waals surface area (Å²) in [4.78, 5) is 14.7. The van der Waals surface area contributed by atoms with Crippen LogP contribution in [-0.2, 0) is 16.1 Å². The van der Waals surface area contributed by atoms with Gasteiger partial charge in [0.15, 0.2) is 0 Å². The molecule has 2 fully saturated rings. The first kappa shape index (κ1) is 19.1. The molecular formula is C20H31N3O3. The SMILES string of the molecule is C[C@H]1C[C@@H](C(=O)NCc2cccc(OCCN3CCOCC3)c2)CCN1. The zero-order chi connectivity index (χ0) is 18.2. The maximum absolute atomic E-state index is 12.4. The normalized spacial score (nSPS) is 24.2. The van der Waals surface area contributed by atoms with E-state index in [0.717, 1.165) is 63.5 Å². The molecule has 2 heterocycles. The lowest BCUT2D eigenvalue weighted by Crippen LogP contribution is -2.42. The Bertz CT molecular complexity index is 575. The number of hydrogen-bond donors (Lipinski definition) is 2. The summed E-state index contributed by atoms with van der Waals surface area (Å²) in [5, 5.41) is 6.46. The number of nitrogens with one attached hydrogen (secondary N) is 2. The molecule has 3 rings (SSSR count). The van der Waals surface area contributed by atoms with Crippen LogP contribution in [0.1, 0.15) is 25.3 Å². The minimum absolute atomic E-state index is 0.124. The van der Waals surface area contributed by atoms with Gasteiger partial charge >= 0.3 is 0 Å². The number of carbonyl (C=O) groups is 1. The van der Waals surface area contributed by atoms with Crippen molar-refractivity contribution in [2.24, 2.45) is 5.92 Å². The van der Waals surface area contributed by atoms with E-state index in [4.69, 9.17) is 9.47 Å². The Kier molecular flexibility index (Phi) is 7.29. The van der Waals surface area contributed by atoms with Crippen molar-refractivity contribution >= 4 is 5.91 Å². The van der Waals surface area contributed by atoms with Gasteiger partial charge in [0.05, 0.1) is 13.2 Å². The van der Waals surface area contributed by atoms with Crippen LogP contribution in [0, 0.1) is 5.92 Å². The van der Waals surface area contributed by atoms with Crippen molar-refractivity contribution in [1.82, 2.24) is 15.5 Å². The van der Waals surface area contributed by atoms with Crippen LogP contribution in [0.4, 0.5) is 0 Å². The van der Waals surface area contributed by atoms with E-state index in [-0.39, 0.29) is 11.8 Å². The van der Waals surface area contributed by atoms with Crippen LogP contribution in [0.25, 0.3) is 0 Å². The van der Waals surface area contributed by atoms with Gasteiger partial charge < -0.3 is 20.1 Å². The van der Waals surface area contributed by atoms with E-state index in [1.165, 1.54) is 0 Å². The molecule has 1 aromatic carbocycles. The van der Waals surface area contributed by atoms with Crippen LogP contribution < -0.4 is 15.4 Å². The Morgan fingerprint density at radius 1 is 1.38 bits per heavy atom. The van der Waals surface area contributed by atoms with Gasteiger partial charge in [-0.1, -0.05) is 12.1 Å². The number of piperidine rings is 1. The molecule has 2 N–H and O–H groups in total. The summed E-state index contributed by atoms with van der Waals surface area (Å²) in [5.41, 5.74) is 1.07. The number of rotatable bonds is 7. The Labute approximate surface area is 156 Å². The number of nitrogens with zero attached hydrogens (tertiary/aromatic N) is 1. The molecule has 2 aliphatic rings. The fraction of sp³-hybridized carbons (Fsp3) is 0.650. The predicted molar refractivity (Wildman–Crippen MR) is 101 cm³/mol. The van der Waals surface area contributed by atoms with Crippen LogP contribution in [0.15, 0.2) is 24.3 Å². The number of amides is 1. The molecule has 0 bridgehead atoms. The van der Waals surface area contributed by atoms with Crippen molar-refractivity contribution in [1.29, 1.82) is 0 Å². The Morgan fingerprint density at radius 3 is 3.04 bits per heavy atom.